The number of halogens is 2. The summed E-state index contributed by atoms with van der Waals surface area (Å²) in [6, 6.07) is 7.15. The van der Waals surface area contributed by atoms with E-state index in [2.05, 4.69) is 9.72 Å². The highest BCUT2D eigenvalue weighted by Gasteiger charge is 2.09. The molecule has 0 saturated heterocycles. The van der Waals surface area contributed by atoms with E-state index in [-0.39, 0.29) is 10.9 Å². The molecule has 0 aliphatic carbocycles. The number of nitrogens with zero attached hydrogens (tertiary/aromatic N) is 1. The molecule has 0 amide bonds. The van der Waals surface area contributed by atoms with Gasteiger partial charge in [-0.1, -0.05) is 11.6 Å². The summed E-state index contributed by atoms with van der Waals surface area (Å²) in [6.07, 6.45) is 1.28. The lowest BCUT2D eigenvalue weighted by molar-refractivity contribution is 0.0600. The van der Waals surface area contributed by atoms with Crippen LogP contribution >= 0.6 is 11.6 Å². The van der Waals surface area contributed by atoms with Gasteiger partial charge in [0.1, 0.15) is 5.75 Å². The summed E-state index contributed by atoms with van der Waals surface area (Å²) in [7, 11) is 1.29. The van der Waals surface area contributed by atoms with Crippen molar-refractivity contribution in [3.8, 4) is 11.6 Å². The van der Waals surface area contributed by atoms with Crippen LogP contribution in [0.5, 0.6) is 11.6 Å². The topological polar surface area (TPSA) is 48.4 Å². The van der Waals surface area contributed by atoms with Crippen LogP contribution in [0.1, 0.15) is 10.4 Å². The first kappa shape index (κ1) is 13.3. The lowest BCUT2D eigenvalue weighted by Gasteiger charge is -2.06. The normalized spacial score (nSPS) is 10.1. The van der Waals surface area contributed by atoms with Crippen LogP contribution in [-0.4, -0.2) is 18.1 Å². The Morgan fingerprint density at radius 1 is 1.32 bits per heavy atom. The fraction of sp³-hybridized carbons (Fsp3) is 0.0769. The molecule has 0 aliphatic rings. The number of esters is 1. The van der Waals surface area contributed by atoms with E-state index >= 15 is 0 Å². The predicted molar refractivity (Wildman–Crippen MR) is 67.1 cm³/mol. The van der Waals surface area contributed by atoms with Gasteiger partial charge in [0.25, 0.3) is 5.88 Å². The van der Waals surface area contributed by atoms with Gasteiger partial charge in [-0.15, -0.1) is 0 Å². The minimum absolute atomic E-state index is 0.185. The zero-order valence-electron chi connectivity index (χ0n) is 9.89. The van der Waals surface area contributed by atoms with Crippen LogP contribution in [0.4, 0.5) is 4.39 Å². The Kier molecular flexibility index (Phi) is 3.97. The number of hydrogen-bond donors (Lipinski definition) is 0. The van der Waals surface area contributed by atoms with Crippen LogP contribution in [-0.2, 0) is 4.74 Å². The molecular formula is C13H9ClFNO3. The van der Waals surface area contributed by atoms with Crippen molar-refractivity contribution in [1.82, 2.24) is 4.98 Å². The van der Waals surface area contributed by atoms with Crippen LogP contribution in [0, 0.1) is 5.82 Å². The number of pyridine rings is 1. The maximum atomic E-state index is 13.5. The van der Waals surface area contributed by atoms with Crippen LogP contribution in [0.2, 0.25) is 5.02 Å². The first-order chi connectivity index (χ1) is 9.10. The molecule has 4 nitrogen and oxygen atoms in total. The fourth-order valence-electron chi connectivity index (χ4n) is 1.37. The second kappa shape index (κ2) is 5.67. The number of aromatic nitrogens is 1. The molecule has 0 fully saturated rings. The van der Waals surface area contributed by atoms with Crippen molar-refractivity contribution in [2.24, 2.45) is 0 Å². The van der Waals surface area contributed by atoms with Crippen LogP contribution in [0.15, 0.2) is 36.5 Å². The van der Waals surface area contributed by atoms with Gasteiger partial charge in [-0.2, -0.15) is 0 Å². The molecule has 0 aliphatic heterocycles. The third-order valence-corrected chi connectivity index (χ3v) is 2.47. The number of carbonyl (C=O) groups excluding carboxylic acids is 1. The molecule has 2 aromatic rings. The summed E-state index contributed by atoms with van der Waals surface area (Å²) in [5.74, 6) is -0.955. The van der Waals surface area contributed by atoms with Gasteiger partial charge < -0.3 is 9.47 Å². The maximum absolute atomic E-state index is 13.5. The second-order valence-corrected chi connectivity index (χ2v) is 3.99. The Morgan fingerprint density at radius 3 is 2.58 bits per heavy atom. The second-order valence-electron chi connectivity index (χ2n) is 3.56. The monoisotopic (exact) mass is 281 g/mol. The Labute approximate surface area is 113 Å². The zero-order valence-corrected chi connectivity index (χ0v) is 10.6. The highest BCUT2D eigenvalue weighted by atomic mass is 35.5. The molecule has 0 bridgehead atoms. The number of hydrogen-bond acceptors (Lipinski definition) is 4. The molecule has 1 aromatic carbocycles. The molecule has 0 unspecified atom stereocenters. The Bertz CT molecular complexity index is 601. The zero-order chi connectivity index (χ0) is 13.8. The van der Waals surface area contributed by atoms with E-state index in [0.29, 0.717) is 11.3 Å². The third kappa shape index (κ3) is 3.20. The van der Waals surface area contributed by atoms with Crippen LogP contribution in [0.3, 0.4) is 0 Å². The summed E-state index contributed by atoms with van der Waals surface area (Å²) in [4.78, 5) is 15.0. The van der Waals surface area contributed by atoms with Crippen molar-refractivity contribution in [3.05, 3.63) is 52.9 Å². The predicted octanol–water partition coefficient (Wildman–Crippen LogP) is 3.45. The van der Waals surface area contributed by atoms with E-state index in [1.807, 2.05) is 0 Å². The number of rotatable bonds is 3. The summed E-state index contributed by atoms with van der Waals surface area (Å²) >= 11 is 5.58. The van der Waals surface area contributed by atoms with Gasteiger partial charge in [0.05, 0.1) is 17.7 Å². The van der Waals surface area contributed by atoms with Gasteiger partial charge in [0.2, 0.25) is 0 Å². The Morgan fingerprint density at radius 2 is 2.00 bits per heavy atom. The molecule has 1 aromatic heterocycles. The largest absolute Gasteiger partial charge is 0.465 e. The summed E-state index contributed by atoms with van der Waals surface area (Å²) in [6.45, 7) is 0. The summed E-state index contributed by atoms with van der Waals surface area (Å²) in [5, 5.41) is 0.186. The Balaban J connectivity index is 2.17. The van der Waals surface area contributed by atoms with Gasteiger partial charge in [0.15, 0.2) is 5.82 Å². The molecular weight excluding hydrogens is 273 g/mol. The molecule has 0 spiro atoms. The fourth-order valence-corrected chi connectivity index (χ4v) is 1.51. The Hall–Kier alpha value is -2.14. The maximum Gasteiger partial charge on any atom is 0.337 e. The van der Waals surface area contributed by atoms with E-state index in [1.54, 1.807) is 0 Å². The van der Waals surface area contributed by atoms with E-state index in [4.69, 9.17) is 16.3 Å². The molecule has 0 atom stereocenters. The lowest BCUT2D eigenvalue weighted by Crippen LogP contribution is -2.00. The van der Waals surface area contributed by atoms with Gasteiger partial charge in [-0.25, -0.2) is 14.2 Å². The minimum Gasteiger partial charge on any atom is -0.465 e. The standard InChI is InChI=1S/C13H9ClFNO3/c1-18-13(17)8-2-4-10(5-3-8)19-12-11(15)6-9(14)7-16-12/h2-7H,1H3. The van der Waals surface area contributed by atoms with Gasteiger partial charge in [-0.05, 0) is 30.3 Å². The number of benzene rings is 1. The number of ether oxygens (including phenoxy) is 2. The van der Waals surface area contributed by atoms with Crippen molar-refractivity contribution >= 4 is 17.6 Å². The number of methoxy groups -OCH3 is 1. The first-order valence-corrected chi connectivity index (χ1v) is 5.65. The minimum atomic E-state index is -0.662. The van der Waals surface area contributed by atoms with Gasteiger partial charge in [0, 0.05) is 6.20 Å². The lowest BCUT2D eigenvalue weighted by atomic mass is 10.2. The van der Waals surface area contributed by atoms with E-state index in [1.165, 1.54) is 37.6 Å². The van der Waals surface area contributed by atoms with E-state index in [9.17, 15) is 9.18 Å². The number of carbonyl (C=O) groups is 1. The van der Waals surface area contributed by atoms with E-state index in [0.717, 1.165) is 6.07 Å². The molecule has 98 valence electrons. The first-order valence-electron chi connectivity index (χ1n) is 5.27. The molecule has 19 heavy (non-hydrogen) atoms. The van der Waals surface area contributed by atoms with Crippen molar-refractivity contribution in [1.29, 1.82) is 0 Å². The molecule has 6 heteroatoms. The highest BCUT2D eigenvalue weighted by Crippen LogP contribution is 2.24. The summed E-state index contributed by atoms with van der Waals surface area (Å²) < 4.78 is 23.2. The SMILES string of the molecule is COC(=O)c1ccc(Oc2ncc(Cl)cc2F)cc1. The summed E-state index contributed by atoms with van der Waals surface area (Å²) in [5.41, 5.74) is 0.374. The average molecular weight is 282 g/mol. The average Bonchev–Trinajstić information content (AvgIpc) is 2.42. The van der Waals surface area contributed by atoms with Crippen molar-refractivity contribution < 1.29 is 18.7 Å². The molecule has 0 N–H and O–H groups in total. The van der Waals surface area contributed by atoms with Crippen LogP contribution < -0.4 is 4.74 Å². The van der Waals surface area contributed by atoms with Gasteiger partial charge >= 0.3 is 5.97 Å². The van der Waals surface area contributed by atoms with E-state index < -0.39 is 11.8 Å². The highest BCUT2D eigenvalue weighted by molar-refractivity contribution is 6.30. The smallest absolute Gasteiger partial charge is 0.337 e. The van der Waals surface area contributed by atoms with Crippen molar-refractivity contribution in [3.63, 3.8) is 0 Å². The third-order valence-electron chi connectivity index (χ3n) is 2.26. The van der Waals surface area contributed by atoms with Gasteiger partial charge in [-0.3, -0.25) is 0 Å². The molecule has 0 radical (unpaired) electrons. The molecule has 1 heterocycles. The van der Waals surface area contributed by atoms with Crippen molar-refractivity contribution in [2.45, 2.75) is 0 Å². The molecule has 0 saturated carbocycles. The van der Waals surface area contributed by atoms with Crippen molar-refractivity contribution in [2.75, 3.05) is 7.11 Å². The molecule has 2 rings (SSSR count). The van der Waals surface area contributed by atoms with Crippen LogP contribution in [0.25, 0.3) is 0 Å². The quantitative estimate of drug-likeness (QED) is 0.809.